The van der Waals surface area contributed by atoms with E-state index in [1.807, 2.05) is 13.8 Å². The summed E-state index contributed by atoms with van der Waals surface area (Å²) in [5.41, 5.74) is -1.93. The van der Waals surface area contributed by atoms with Gasteiger partial charge in [0, 0.05) is 13.3 Å². The van der Waals surface area contributed by atoms with Crippen LogP contribution in [0.4, 0.5) is 0 Å². The average Bonchev–Trinajstić information content (AvgIpc) is 3.34. The molecule has 6 atom stereocenters. The Bertz CT molecular complexity index is 728. The van der Waals surface area contributed by atoms with Crippen LogP contribution in [0.5, 0.6) is 0 Å². The largest absolute Gasteiger partial charge is 0.459 e. The van der Waals surface area contributed by atoms with Gasteiger partial charge in [-0.25, -0.2) is 0 Å². The average molecular weight is 332 g/mol. The van der Waals surface area contributed by atoms with Gasteiger partial charge in [0.25, 0.3) is 0 Å². The molecule has 4 rings (SSSR count). The first kappa shape index (κ1) is 15.8. The summed E-state index contributed by atoms with van der Waals surface area (Å²) < 4.78 is 23.1. The SMILES string of the molecule is C=C(C)C#C[C@]12O[C@H]1[C@@H]1OC(C)(C)[C@H](OC(C)=O)C[C@@]13O[C@H]3C2=O. The molecule has 3 saturated heterocycles. The molecule has 0 unspecified atom stereocenters. The van der Waals surface area contributed by atoms with Crippen LogP contribution in [0.25, 0.3) is 0 Å². The number of rotatable bonds is 1. The third kappa shape index (κ3) is 1.95. The lowest BCUT2D eigenvalue weighted by molar-refractivity contribution is -0.218. The molecule has 4 fully saturated rings. The van der Waals surface area contributed by atoms with Crippen LogP contribution in [0.3, 0.4) is 0 Å². The predicted octanol–water partition coefficient (Wildman–Crippen LogP) is 0.923. The van der Waals surface area contributed by atoms with Gasteiger partial charge in [-0.3, -0.25) is 9.59 Å². The molecule has 0 N–H and O–H groups in total. The van der Waals surface area contributed by atoms with Crippen molar-refractivity contribution in [1.82, 2.24) is 0 Å². The highest BCUT2D eigenvalue weighted by atomic mass is 16.7. The van der Waals surface area contributed by atoms with Gasteiger partial charge in [0.05, 0.1) is 0 Å². The minimum absolute atomic E-state index is 0.164. The zero-order chi connectivity index (χ0) is 17.5. The van der Waals surface area contributed by atoms with Crippen LogP contribution in [0.1, 0.15) is 34.1 Å². The van der Waals surface area contributed by atoms with Crippen LogP contribution in [0.2, 0.25) is 0 Å². The van der Waals surface area contributed by atoms with Crippen LogP contribution < -0.4 is 0 Å². The molecule has 24 heavy (non-hydrogen) atoms. The molecular formula is C18H20O6. The summed E-state index contributed by atoms with van der Waals surface area (Å²) in [4.78, 5) is 24.1. The Labute approximate surface area is 140 Å². The summed E-state index contributed by atoms with van der Waals surface area (Å²) in [6.45, 7) is 10.6. The van der Waals surface area contributed by atoms with Crippen molar-refractivity contribution in [3.63, 3.8) is 0 Å². The van der Waals surface area contributed by atoms with Gasteiger partial charge in [0.15, 0.2) is 6.10 Å². The van der Waals surface area contributed by atoms with E-state index in [1.165, 1.54) is 6.92 Å². The summed E-state index contributed by atoms with van der Waals surface area (Å²) in [5.74, 6) is 5.21. The summed E-state index contributed by atoms with van der Waals surface area (Å²) in [6, 6.07) is 0. The smallest absolute Gasteiger partial charge is 0.303 e. The molecule has 1 spiro atoms. The zero-order valence-corrected chi connectivity index (χ0v) is 14.2. The van der Waals surface area contributed by atoms with Crippen molar-refractivity contribution in [3.05, 3.63) is 12.2 Å². The van der Waals surface area contributed by atoms with Crippen molar-refractivity contribution in [3.8, 4) is 11.8 Å². The number of ketones is 1. The summed E-state index contributed by atoms with van der Waals surface area (Å²) in [5, 5.41) is 0. The van der Waals surface area contributed by atoms with E-state index in [2.05, 4.69) is 18.4 Å². The highest BCUT2D eigenvalue weighted by molar-refractivity contribution is 6.02. The maximum absolute atomic E-state index is 12.7. The second kappa shape index (κ2) is 4.48. The van der Waals surface area contributed by atoms with Gasteiger partial charge in [-0.1, -0.05) is 18.4 Å². The van der Waals surface area contributed by atoms with Gasteiger partial charge < -0.3 is 18.9 Å². The lowest BCUT2D eigenvalue weighted by atomic mass is 9.72. The Balaban J connectivity index is 1.65. The van der Waals surface area contributed by atoms with E-state index in [1.54, 1.807) is 6.92 Å². The molecule has 0 bridgehead atoms. The molecule has 0 aromatic rings. The van der Waals surface area contributed by atoms with Crippen molar-refractivity contribution in [2.45, 2.75) is 75.3 Å². The van der Waals surface area contributed by atoms with Crippen LogP contribution >= 0.6 is 0 Å². The Hall–Kier alpha value is -1.68. The standard InChI is InChI=1S/C18H20O6/c1-9(2)6-7-17-12(20)13-18(23-13)8-11(21-10(3)19)16(4,5)22-15(18)14(17)24-17/h11,13-15H,1,8H2,2-5H3/t11-,13+,14+,15+,17-,18+/m1/s1. The molecular weight excluding hydrogens is 312 g/mol. The van der Waals surface area contributed by atoms with Crippen molar-refractivity contribution in [1.29, 1.82) is 0 Å². The fourth-order valence-corrected chi connectivity index (χ4v) is 3.88. The second-order valence-electron chi connectivity index (χ2n) is 7.57. The molecule has 128 valence electrons. The van der Waals surface area contributed by atoms with Gasteiger partial charge in [-0.15, -0.1) is 0 Å². The Kier molecular flexibility index (Phi) is 2.96. The highest BCUT2D eigenvalue weighted by Gasteiger charge is 2.86. The fraction of sp³-hybridized carbons (Fsp3) is 0.667. The first-order valence-electron chi connectivity index (χ1n) is 8.06. The Morgan fingerprint density at radius 3 is 2.58 bits per heavy atom. The van der Waals surface area contributed by atoms with Crippen LogP contribution in [0, 0.1) is 11.8 Å². The molecule has 3 heterocycles. The number of hydrogen-bond acceptors (Lipinski definition) is 6. The Morgan fingerprint density at radius 2 is 1.96 bits per heavy atom. The zero-order valence-electron chi connectivity index (χ0n) is 14.2. The van der Waals surface area contributed by atoms with Crippen LogP contribution in [-0.4, -0.2) is 53.0 Å². The van der Waals surface area contributed by atoms with Crippen molar-refractivity contribution >= 4 is 11.8 Å². The summed E-state index contributed by atoms with van der Waals surface area (Å²) >= 11 is 0. The third-order valence-corrected chi connectivity index (χ3v) is 5.22. The van der Waals surface area contributed by atoms with Crippen LogP contribution in [0.15, 0.2) is 12.2 Å². The van der Waals surface area contributed by atoms with Crippen molar-refractivity contribution in [2.75, 3.05) is 0 Å². The molecule has 1 aliphatic carbocycles. The van der Waals surface area contributed by atoms with Crippen molar-refractivity contribution < 1.29 is 28.5 Å². The normalized spacial score (nSPS) is 46.4. The third-order valence-electron chi connectivity index (χ3n) is 5.22. The summed E-state index contributed by atoms with van der Waals surface area (Å²) in [7, 11) is 0. The first-order valence-corrected chi connectivity index (χ1v) is 8.06. The maximum atomic E-state index is 12.7. The van der Waals surface area contributed by atoms with Crippen LogP contribution in [-0.2, 0) is 28.5 Å². The van der Waals surface area contributed by atoms with Gasteiger partial charge >= 0.3 is 5.97 Å². The lowest BCUT2D eigenvalue weighted by Gasteiger charge is -2.45. The van der Waals surface area contributed by atoms with E-state index in [9.17, 15) is 9.59 Å². The number of fused-ring (bicyclic) bond motifs is 2. The van der Waals surface area contributed by atoms with E-state index in [-0.39, 0.29) is 11.8 Å². The van der Waals surface area contributed by atoms with Crippen molar-refractivity contribution in [2.24, 2.45) is 0 Å². The number of ether oxygens (including phenoxy) is 4. The topological polar surface area (TPSA) is 77.7 Å². The Morgan fingerprint density at radius 1 is 1.25 bits per heavy atom. The number of Topliss-reactive ketones (excluding diaryl/α,β-unsaturated/α-hetero) is 1. The number of epoxide rings is 2. The van der Waals surface area contributed by atoms with Gasteiger partial charge in [0.1, 0.15) is 29.5 Å². The quantitative estimate of drug-likeness (QED) is 0.404. The lowest BCUT2D eigenvalue weighted by Crippen LogP contribution is -2.62. The number of carbonyl (C=O) groups excluding carboxylic acids is 2. The first-order chi connectivity index (χ1) is 11.1. The number of hydrogen-bond donors (Lipinski definition) is 0. The van der Waals surface area contributed by atoms with E-state index < -0.39 is 41.2 Å². The second-order valence-corrected chi connectivity index (χ2v) is 7.57. The maximum Gasteiger partial charge on any atom is 0.303 e. The van der Waals surface area contributed by atoms with E-state index in [0.717, 1.165) is 0 Å². The monoisotopic (exact) mass is 332 g/mol. The molecule has 0 radical (unpaired) electrons. The van der Waals surface area contributed by atoms with Gasteiger partial charge in [-0.2, -0.15) is 0 Å². The molecule has 6 heteroatoms. The number of esters is 1. The molecule has 4 aliphatic rings. The van der Waals surface area contributed by atoms with Gasteiger partial charge in [-0.05, 0) is 26.3 Å². The molecule has 1 saturated carbocycles. The molecule has 0 aromatic heterocycles. The minimum atomic E-state index is -1.14. The fourth-order valence-electron chi connectivity index (χ4n) is 3.88. The molecule has 6 nitrogen and oxygen atoms in total. The highest BCUT2D eigenvalue weighted by Crippen LogP contribution is 2.63. The number of carbonyl (C=O) groups is 2. The minimum Gasteiger partial charge on any atom is -0.459 e. The predicted molar refractivity (Wildman–Crippen MR) is 81.9 cm³/mol. The summed E-state index contributed by atoms with van der Waals surface area (Å²) in [6.07, 6.45) is -1.52. The molecule has 3 aliphatic heterocycles. The molecule has 0 aromatic carbocycles. The van der Waals surface area contributed by atoms with Gasteiger partial charge in [0.2, 0.25) is 11.4 Å². The van der Waals surface area contributed by atoms with E-state index in [0.29, 0.717) is 12.0 Å². The van der Waals surface area contributed by atoms with E-state index >= 15 is 0 Å². The van der Waals surface area contributed by atoms with E-state index in [4.69, 9.17) is 18.9 Å². The molecule has 0 amide bonds. The number of allylic oxidation sites excluding steroid dienone is 1.